The number of amides is 1. The van der Waals surface area contributed by atoms with Gasteiger partial charge in [0.15, 0.2) is 0 Å². The maximum Gasteiger partial charge on any atom is 0.234 e. The molecule has 1 amide bonds. The molecule has 0 aliphatic carbocycles. The molecular formula is C20H26N2O2. The lowest BCUT2D eigenvalue weighted by atomic mass is 10.0. The Kier molecular flexibility index (Phi) is 5.17. The third kappa shape index (κ3) is 3.94. The van der Waals surface area contributed by atoms with Gasteiger partial charge in [-0.25, -0.2) is 0 Å². The van der Waals surface area contributed by atoms with Crippen molar-refractivity contribution in [1.82, 2.24) is 10.2 Å². The highest BCUT2D eigenvalue weighted by molar-refractivity contribution is 5.83. The topological polar surface area (TPSA) is 52.6 Å². The second kappa shape index (κ2) is 7.32. The van der Waals surface area contributed by atoms with E-state index in [4.69, 9.17) is 0 Å². The van der Waals surface area contributed by atoms with Gasteiger partial charge in [-0.05, 0) is 55.1 Å². The van der Waals surface area contributed by atoms with Crippen LogP contribution in [0, 0.1) is 5.92 Å². The molecule has 0 saturated carbocycles. The van der Waals surface area contributed by atoms with E-state index in [1.54, 1.807) is 0 Å². The van der Waals surface area contributed by atoms with E-state index in [2.05, 4.69) is 40.5 Å². The molecule has 2 N–H and O–H groups in total. The van der Waals surface area contributed by atoms with Crippen LogP contribution < -0.4 is 5.32 Å². The molecule has 128 valence electrons. The number of hydrogen-bond acceptors (Lipinski definition) is 3. The van der Waals surface area contributed by atoms with Gasteiger partial charge in [-0.1, -0.05) is 36.4 Å². The van der Waals surface area contributed by atoms with Crippen LogP contribution in [0.2, 0.25) is 0 Å². The minimum absolute atomic E-state index is 0.0164. The van der Waals surface area contributed by atoms with E-state index in [-0.39, 0.29) is 24.0 Å². The summed E-state index contributed by atoms with van der Waals surface area (Å²) in [4.78, 5) is 14.4. The molecule has 1 saturated heterocycles. The van der Waals surface area contributed by atoms with Gasteiger partial charge in [-0.2, -0.15) is 0 Å². The lowest BCUT2D eigenvalue weighted by Crippen LogP contribution is -2.37. The highest BCUT2D eigenvalue weighted by Gasteiger charge is 2.27. The maximum absolute atomic E-state index is 12.3. The van der Waals surface area contributed by atoms with Crippen LogP contribution in [-0.4, -0.2) is 41.7 Å². The fourth-order valence-corrected chi connectivity index (χ4v) is 3.45. The van der Waals surface area contributed by atoms with Crippen LogP contribution in [-0.2, 0) is 4.79 Å². The van der Waals surface area contributed by atoms with Crippen molar-refractivity contribution in [3.05, 3.63) is 48.0 Å². The maximum atomic E-state index is 12.3. The molecule has 1 heterocycles. The molecule has 24 heavy (non-hydrogen) atoms. The zero-order valence-corrected chi connectivity index (χ0v) is 14.4. The number of hydrogen-bond donors (Lipinski definition) is 2. The Labute approximate surface area is 143 Å². The number of benzene rings is 2. The van der Waals surface area contributed by atoms with E-state index >= 15 is 0 Å². The van der Waals surface area contributed by atoms with Gasteiger partial charge in [0.1, 0.15) is 0 Å². The van der Waals surface area contributed by atoms with Crippen molar-refractivity contribution in [1.29, 1.82) is 0 Å². The van der Waals surface area contributed by atoms with Gasteiger partial charge in [0.25, 0.3) is 0 Å². The second-order valence-corrected chi connectivity index (χ2v) is 6.92. The monoisotopic (exact) mass is 326 g/mol. The van der Waals surface area contributed by atoms with Gasteiger partial charge < -0.3 is 10.4 Å². The van der Waals surface area contributed by atoms with Crippen molar-refractivity contribution >= 4 is 16.7 Å². The second-order valence-electron chi connectivity index (χ2n) is 6.92. The summed E-state index contributed by atoms with van der Waals surface area (Å²) in [5.41, 5.74) is 1.12. The van der Waals surface area contributed by atoms with Gasteiger partial charge >= 0.3 is 0 Å². The third-order valence-corrected chi connectivity index (χ3v) is 5.01. The first-order valence-corrected chi connectivity index (χ1v) is 8.71. The Balaban J connectivity index is 1.57. The Bertz CT molecular complexity index is 714. The zero-order chi connectivity index (χ0) is 17.1. The van der Waals surface area contributed by atoms with E-state index < -0.39 is 0 Å². The summed E-state index contributed by atoms with van der Waals surface area (Å²) in [5.74, 6) is 0.331. The molecular weight excluding hydrogens is 300 g/mol. The normalized spacial score (nSPS) is 20.9. The predicted octanol–water partition coefficient (Wildman–Crippen LogP) is 2.72. The molecule has 2 aromatic rings. The van der Waals surface area contributed by atoms with Crippen molar-refractivity contribution in [3.8, 4) is 0 Å². The molecule has 3 rings (SSSR count). The smallest absolute Gasteiger partial charge is 0.234 e. The van der Waals surface area contributed by atoms with Crippen LogP contribution in [0.1, 0.15) is 31.9 Å². The van der Waals surface area contributed by atoms with E-state index in [0.29, 0.717) is 6.54 Å². The fraction of sp³-hybridized carbons (Fsp3) is 0.450. The molecule has 1 fully saturated rings. The molecule has 0 aromatic heterocycles. The lowest BCUT2D eigenvalue weighted by Gasteiger charge is -2.19. The number of likely N-dealkylation sites (tertiary alicyclic amines) is 1. The fourth-order valence-electron chi connectivity index (χ4n) is 3.45. The minimum Gasteiger partial charge on any atom is -0.393 e. The highest BCUT2D eigenvalue weighted by atomic mass is 16.3. The number of nitrogens with one attached hydrogen (secondary N) is 1. The van der Waals surface area contributed by atoms with Crippen LogP contribution in [0.25, 0.3) is 10.8 Å². The largest absolute Gasteiger partial charge is 0.393 e. The van der Waals surface area contributed by atoms with Gasteiger partial charge in [0.05, 0.1) is 18.7 Å². The molecule has 4 nitrogen and oxygen atoms in total. The summed E-state index contributed by atoms with van der Waals surface area (Å²) in [7, 11) is 0. The molecule has 3 unspecified atom stereocenters. The quantitative estimate of drug-likeness (QED) is 0.888. The van der Waals surface area contributed by atoms with Gasteiger partial charge in [0.2, 0.25) is 5.91 Å². The first-order chi connectivity index (χ1) is 11.5. The summed E-state index contributed by atoms with van der Waals surface area (Å²) < 4.78 is 0. The average molecular weight is 326 g/mol. The van der Waals surface area contributed by atoms with Crippen molar-refractivity contribution < 1.29 is 9.90 Å². The summed E-state index contributed by atoms with van der Waals surface area (Å²) >= 11 is 0. The van der Waals surface area contributed by atoms with Crippen LogP contribution in [0.4, 0.5) is 0 Å². The van der Waals surface area contributed by atoms with Gasteiger partial charge in [-0.3, -0.25) is 9.69 Å². The number of fused-ring (bicyclic) bond motifs is 1. The Hall–Kier alpha value is -1.91. The Morgan fingerprint density at radius 2 is 2.00 bits per heavy atom. The van der Waals surface area contributed by atoms with E-state index in [1.165, 1.54) is 10.8 Å². The van der Waals surface area contributed by atoms with Crippen molar-refractivity contribution in [3.63, 3.8) is 0 Å². The zero-order valence-electron chi connectivity index (χ0n) is 14.4. The van der Waals surface area contributed by atoms with Crippen molar-refractivity contribution in [2.24, 2.45) is 5.92 Å². The molecule has 0 bridgehead atoms. The number of rotatable bonds is 5. The number of aliphatic hydroxyl groups excluding tert-OH is 1. The standard InChI is InChI=1S/C20H26N2O2/c1-14(17-8-7-16-5-3-4-6-18(16)11-17)21-20(24)13-22-10-9-19(12-22)15(2)23/h3-8,11,14-15,19,23H,9-10,12-13H2,1-2H3,(H,21,24). The molecule has 4 heteroatoms. The third-order valence-electron chi connectivity index (χ3n) is 5.01. The molecule has 0 spiro atoms. The highest BCUT2D eigenvalue weighted by Crippen LogP contribution is 2.21. The van der Waals surface area contributed by atoms with E-state index in [9.17, 15) is 9.90 Å². The summed E-state index contributed by atoms with van der Waals surface area (Å²) in [5, 5.41) is 15.1. The van der Waals surface area contributed by atoms with Crippen LogP contribution in [0.3, 0.4) is 0 Å². The Morgan fingerprint density at radius 3 is 2.71 bits per heavy atom. The summed E-state index contributed by atoms with van der Waals surface area (Å²) in [6, 6.07) is 14.5. The number of nitrogens with zero attached hydrogens (tertiary/aromatic N) is 1. The summed E-state index contributed by atoms with van der Waals surface area (Å²) in [6.45, 7) is 5.94. The average Bonchev–Trinajstić information content (AvgIpc) is 3.03. The number of carbonyl (C=O) groups excluding carboxylic acids is 1. The van der Waals surface area contributed by atoms with Gasteiger partial charge in [-0.15, -0.1) is 0 Å². The van der Waals surface area contributed by atoms with E-state index in [1.807, 2.05) is 26.0 Å². The van der Waals surface area contributed by atoms with Crippen molar-refractivity contribution in [2.75, 3.05) is 19.6 Å². The van der Waals surface area contributed by atoms with E-state index in [0.717, 1.165) is 25.1 Å². The van der Waals surface area contributed by atoms with Gasteiger partial charge in [0, 0.05) is 6.54 Å². The minimum atomic E-state index is -0.297. The van der Waals surface area contributed by atoms with Crippen LogP contribution >= 0.6 is 0 Å². The number of aliphatic hydroxyl groups is 1. The first-order valence-electron chi connectivity index (χ1n) is 8.71. The number of carbonyl (C=O) groups is 1. The summed E-state index contributed by atoms with van der Waals surface area (Å²) in [6.07, 6.45) is 0.667. The SMILES string of the molecule is CC(NC(=O)CN1CCC(C(C)O)C1)c1ccc2ccccc2c1. The first kappa shape index (κ1) is 16.9. The molecule has 0 radical (unpaired) electrons. The Morgan fingerprint density at radius 1 is 1.25 bits per heavy atom. The molecule has 1 aliphatic heterocycles. The van der Waals surface area contributed by atoms with Crippen molar-refractivity contribution in [2.45, 2.75) is 32.4 Å². The molecule has 3 atom stereocenters. The molecule has 2 aromatic carbocycles. The molecule has 1 aliphatic rings. The predicted molar refractivity (Wildman–Crippen MR) is 96.7 cm³/mol. The van der Waals surface area contributed by atoms with Crippen LogP contribution in [0.15, 0.2) is 42.5 Å². The lowest BCUT2D eigenvalue weighted by molar-refractivity contribution is -0.122. The van der Waals surface area contributed by atoms with Crippen LogP contribution in [0.5, 0.6) is 0 Å².